The summed E-state index contributed by atoms with van der Waals surface area (Å²) in [7, 11) is 0. The summed E-state index contributed by atoms with van der Waals surface area (Å²) in [4.78, 5) is 0. The van der Waals surface area contributed by atoms with E-state index in [1.54, 1.807) is 0 Å². The summed E-state index contributed by atoms with van der Waals surface area (Å²) in [6, 6.07) is 2.66. The Hall–Kier alpha value is -0.200. The second-order valence-electron chi connectivity index (χ2n) is 2.54. The highest BCUT2D eigenvalue weighted by Gasteiger charge is 1.98. The van der Waals surface area contributed by atoms with E-state index in [2.05, 4.69) is 24.6 Å². The molecule has 0 aromatic carbocycles. The first-order valence-electron chi connectivity index (χ1n) is 3.90. The Morgan fingerprint density at radius 2 is 2.36 bits per heavy atom. The van der Waals surface area contributed by atoms with Crippen LogP contribution in [0.4, 0.5) is 0 Å². The lowest BCUT2D eigenvalue weighted by Crippen LogP contribution is -2.27. The molecule has 3 heteroatoms. The molecule has 0 radical (unpaired) electrons. The molecule has 0 fully saturated rings. The molecular formula is C8H16N2S. The average Bonchev–Trinajstić information content (AvgIpc) is 2.01. The molecule has 1 N–H and O–H groups in total. The summed E-state index contributed by atoms with van der Waals surface area (Å²) in [5.41, 5.74) is 0. The van der Waals surface area contributed by atoms with Gasteiger partial charge in [-0.25, -0.2) is 0 Å². The second kappa shape index (κ2) is 7.90. The lowest BCUT2D eigenvalue weighted by Gasteiger charge is -2.10. The van der Waals surface area contributed by atoms with Crippen molar-refractivity contribution in [3.05, 3.63) is 0 Å². The molecule has 1 unspecified atom stereocenters. The molecule has 2 nitrogen and oxygen atoms in total. The van der Waals surface area contributed by atoms with Crippen LogP contribution in [0, 0.1) is 11.3 Å². The van der Waals surface area contributed by atoms with E-state index in [0.29, 0.717) is 12.5 Å². The predicted octanol–water partition coefficient (Wildman–Crippen LogP) is 1.63. The van der Waals surface area contributed by atoms with E-state index >= 15 is 0 Å². The van der Waals surface area contributed by atoms with Gasteiger partial charge in [-0.3, -0.25) is 0 Å². The first kappa shape index (κ1) is 10.8. The summed E-state index contributed by atoms with van der Waals surface area (Å²) in [6.07, 6.45) is 3.91. The third-order valence-corrected chi connectivity index (χ3v) is 2.13. The Morgan fingerprint density at radius 3 is 2.91 bits per heavy atom. The van der Waals surface area contributed by atoms with Crippen molar-refractivity contribution < 1.29 is 0 Å². The van der Waals surface area contributed by atoms with Crippen molar-refractivity contribution >= 4 is 11.8 Å². The number of hydrogen-bond donors (Lipinski definition) is 1. The Bertz CT molecular complexity index is 120. The van der Waals surface area contributed by atoms with Crippen molar-refractivity contribution in [2.45, 2.75) is 25.8 Å². The molecule has 0 aromatic rings. The van der Waals surface area contributed by atoms with Crippen molar-refractivity contribution in [2.24, 2.45) is 0 Å². The summed E-state index contributed by atoms with van der Waals surface area (Å²) in [5.74, 6) is 1.20. The number of nitriles is 1. The van der Waals surface area contributed by atoms with E-state index < -0.39 is 0 Å². The lowest BCUT2D eigenvalue weighted by molar-refractivity contribution is 0.545. The SMILES string of the molecule is CSCCC(C)NCCC#N. The van der Waals surface area contributed by atoms with Crippen molar-refractivity contribution in [1.82, 2.24) is 5.32 Å². The standard InChI is InChI=1S/C8H16N2S/c1-8(4-7-11-2)10-6-3-5-9/h8,10H,3-4,6-7H2,1-2H3. The average molecular weight is 172 g/mol. The Balaban J connectivity index is 3.10. The zero-order valence-corrected chi connectivity index (χ0v) is 8.08. The molecular weight excluding hydrogens is 156 g/mol. The van der Waals surface area contributed by atoms with Crippen LogP contribution in [0.15, 0.2) is 0 Å². The maximum Gasteiger partial charge on any atom is 0.0635 e. The molecule has 0 amide bonds. The molecule has 0 aliphatic rings. The van der Waals surface area contributed by atoms with E-state index in [-0.39, 0.29) is 0 Å². The van der Waals surface area contributed by atoms with Crippen molar-refractivity contribution in [3.63, 3.8) is 0 Å². The van der Waals surface area contributed by atoms with Gasteiger partial charge in [-0.1, -0.05) is 0 Å². The minimum Gasteiger partial charge on any atom is -0.313 e. The molecule has 0 saturated carbocycles. The molecule has 0 heterocycles. The smallest absolute Gasteiger partial charge is 0.0635 e. The fraction of sp³-hybridized carbons (Fsp3) is 0.875. The minimum atomic E-state index is 0.552. The van der Waals surface area contributed by atoms with Gasteiger partial charge in [-0.2, -0.15) is 17.0 Å². The molecule has 0 rings (SSSR count). The third-order valence-electron chi connectivity index (χ3n) is 1.48. The summed E-state index contributed by atoms with van der Waals surface area (Å²) in [6.45, 7) is 2.99. The fourth-order valence-electron chi connectivity index (χ4n) is 0.771. The highest BCUT2D eigenvalue weighted by molar-refractivity contribution is 7.98. The highest BCUT2D eigenvalue weighted by atomic mass is 32.2. The van der Waals surface area contributed by atoms with Gasteiger partial charge in [0.1, 0.15) is 0 Å². The van der Waals surface area contributed by atoms with Gasteiger partial charge in [0.2, 0.25) is 0 Å². The summed E-state index contributed by atoms with van der Waals surface area (Å²) in [5, 5.41) is 11.5. The van der Waals surface area contributed by atoms with Gasteiger partial charge in [-0.15, -0.1) is 0 Å². The molecule has 11 heavy (non-hydrogen) atoms. The van der Waals surface area contributed by atoms with Crippen LogP contribution in [0.2, 0.25) is 0 Å². The van der Waals surface area contributed by atoms with Crippen LogP contribution >= 0.6 is 11.8 Å². The number of nitrogens with zero attached hydrogens (tertiary/aromatic N) is 1. The van der Waals surface area contributed by atoms with Gasteiger partial charge >= 0.3 is 0 Å². The molecule has 0 aliphatic heterocycles. The van der Waals surface area contributed by atoms with E-state index in [4.69, 9.17) is 5.26 Å². The maximum atomic E-state index is 8.26. The maximum absolute atomic E-state index is 8.26. The van der Waals surface area contributed by atoms with Crippen molar-refractivity contribution in [3.8, 4) is 6.07 Å². The largest absolute Gasteiger partial charge is 0.313 e. The predicted molar refractivity (Wildman–Crippen MR) is 50.7 cm³/mol. The number of nitrogens with one attached hydrogen (secondary N) is 1. The Labute approximate surface area is 73.4 Å². The van der Waals surface area contributed by atoms with Gasteiger partial charge in [0, 0.05) is 19.0 Å². The minimum absolute atomic E-state index is 0.552. The third kappa shape index (κ3) is 7.70. The number of rotatable bonds is 6. The van der Waals surface area contributed by atoms with Gasteiger partial charge in [0.05, 0.1) is 6.07 Å². The first-order valence-corrected chi connectivity index (χ1v) is 5.30. The highest BCUT2D eigenvalue weighted by Crippen LogP contribution is 1.99. The summed E-state index contributed by atoms with van der Waals surface area (Å²) >= 11 is 1.86. The van der Waals surface area contributed by atoms with Crippen molar-refractivity contribution in [1.29, 1.82) is 5.26 Å². The zero-order chi connectivity index (χ0) is 8.53. The van der Waals surface area contributed by atoms with E-state index in [1.807, 2.05) is 11.8 Å². The van der Waals surface area contributed by atoms with E-state index in [1.165, 1.54) is 12.2 Å². The molecule has 0 bridgehead atoms. The van der Waals surface area contributed by atoms with Crippen LogP contribution in [-0.4, -0.2) is 24.6 Å². The molecule has 0 spiro atoms. The lowest BCUT2D eigenvalue weighted by atomic mass is 10.2. The quantitative estimate of drug-likeness (QED) is 0.619. The Morgan fingerprint density at radius 1 is 1.64 bits per heavy atom. The molecule has 0 saturated heterocycles. The second-order valence-corrected chi connectivity index (χ2v) is 3.53. The van der Waals surface area contributed by atoms with Gasteiger partial charge in [0.15, 0.2) is 0 Å². The van der Waals surface area contributed by atoms with Gasteiger partial charge < -0.3 is 5.32 Å². The number of thioether (sulfide) groups is 1. The molecule has 1 atom stereocenters. The van der Waals surface area contributed by atoms with Crippen LogP contribution in [0.3, 0.4) is 0 Å². The van der Waals surface area contributed by atoms with Crippen LogP contribution < -0.4 is 5.32 Å². The first-order chi connectivity index (χ1) is 5.31. The normalized spacial score (nSPS) is 12.5. The molecule has 0 aromatic heterocycles. The van der Waals surface area contributed by atoms with E-state index in [0.717, 1.165) is 6.54 Å². The van der Waals surface area contributed by atoms with Crippen LogP contribution in [0.1, 0.15) is 19.8 Å². The van der Waals surface area contributed by atoms with Crippen LogP contribution in [-0.2, 0) is 0 Å². The van der Waals surface area contributed by atoms with Crippen LogP contribution in [0.25, 0.3) is 0 Å². The molecule has 0 aliphatic carbocycles. The summed E-state index contributed by atoms with van der Waals surface area (Å²) < 4.78 is 0. The topological polar surface area (TPSA) is 35.8 Å². The van der Waals surface area contributed by atoms with Gasteiger partial charge in [0.25, 0.3) is 0 Å². The van der Waals surface area contributed by atoms with Crippen LogP contribution in [0.5, 0.6) is 0 Å². The van der Waals surface area contributed by atoms with Gasteiger partial charge in [-0.05, 0) is 25.4 Å². The monoisotopic (exact) mass is 172 g/mol. The van der Waals surface area contributed by atoms with E-state index in [9.17, 15) is 0 Å². The zero-order valence-electron chi connectivity index (χ0n) is 7.26. The van der Waals surface area contributed by atoms with Crippen molar-refractivity contribution in [2.75, 3.05) is 18.6 Å². The number of hydrogen-bond acceptors (Lipinski definition) is 3. The Kier molecular flexibility index (Phi) is 7.76. The molecule has 64 valence electrons. The fourth-order valence-corrected chi connectivity index (χ4v) is 1.36.